The maximum atomic E-state index is 12.6. The number of carbonyl (C=O) groups is 1. The van der Waals surface area contributed by atoms with Crippen molar-refractivity contribution in [3.63, 3.8) is 0 Å². The van der Waals surface area contributed by atoms with Crippen molar-refractivity contribution in [2.45, 2.75) is 59.0 Å². The lowest BCUT2D eigenvalue weighted by molar-refractivity contribution is 0.102. The Morgan fingerprint density at radius 1 is 1.21 bits per heavy atom. The maximum Gasteiger partial charge on any atom is 0.261 e. The van der Waals surface area contributed by atoms with E-state index in [4.69, 9.17) is 4.52 Å². The zero-order valence-electron chi connectivity index (χ0n) is 17.3. The summed E-state index contributed by atoms with van der Waals surface area (Å²) in [6.45, 7) is 11.4. The molecule has 1 amide bonds. The summed E-state index contributed by atoms with van der Waals surface area (Å²) in [6.07, 6.45) is 3.89. The average molecular weight is 383 g/mol. The second-order valence-electron chi connectivity index (χ2n) is 8.27. The number of rotatable bonds is 4. The summed E-state index contributed by atoms with van der Waals surface area (Å²) in [5.74, 6) is 0.375. The van der Waals surface area contributed by atoms with Crippen molar-refractivity contribution in [1.29, 1.82) is 0 Å². The lowest BCUT2D eigenvalue weighted by Gasteiger charge is -2.28. The second-order valence-corrected chi connectivity index (χ2v) is 8.27. The molecule has 0 radical (unpaired) electrons. The van der Waals surface area contributed by atoms with Gasteiger partial charge >= 0.3 is 0 Å². The largest absolute Gasteiger partial charge is 0.370 e. The van der Waals surface area contributed by atoms with E-state index in [-0.39, 0.29) is 5.91 Å². The number of amides is 1. The summed E-state index contributed by atoms with van der Waals surface area (Å²) >= 11 is 0. The van der Waals surface area contributed by atoms with Crippen LogP contribution in [0.2, 0.25) is 0 Å². The molecule has 28 heavy (non-hydrogen) atoms. The molecule has 6 heteroatoms. The van der Waals surface area contributed by atoms with Gasteiger partial charge in [-0.1, -0.05) is 5.16 Å². The van der Waals surface area contributed by atoms with E-state index >= 15 is 0 Å². The number of nitrogens with zero attached hydrogens (tertiary/aromatic N) is 3. The first-order valence-electron chi connectivity index (χ1n) is 10.3. The van der Waals surface area contributed by atoms with Crippen molar-refractivity contribution < 1.29 is 9.32 Å². The number of carbonyl (C=O) groups excluding carboxylic acids is 1. The van der Waals surface area contributed by atoms with Gasteiger partial charge in [0.2, 0.25) is 0 Å². The van der Waals surface area contributed by atoms with Crippen LogP contribution in [0.25, 0.3) is 0 Å². The molecule has 2 saturated heterocycles. The van der Waals surface area contributed by atoms with Crippen LogP contribution in [-0.4, -0.2) is 47.7 Å². The van der Waals surface area contributed by atoms with Crippen LogP contribution >= 0.6 is 0 Å². The summed E-state index contributed by atoms with van der Waals surface area (Å²) < 4.78 is 5.11. The predicted octanol–water partition coefficient (Wildman–Crippen LogP) is 3.92. The summed E-state index contributed by atoms with van der Waals surface area (Å²) in [7, 11) is 0. The van der Waals surface area contributed by atoms with E-state index in [9.17, 15) is 4.79 Å². The molecule has 2 atom stereocenters. The number of likely N-dealkylation sites (tertiary alicyclic amines) is 1. The molecule has 2 aliphatic rings. The average Bonchev–Trinajstić information content (AvgIpc) is 3.37. The molecule has 2 aromatic rings. The van der Waals surface area contributed by atoms with E-state index in [1.165, 1.54) is 31.5 Å². The van der Waals surface area contributed by atoms with Gasteiger partial charge in [-0.3, -0.25) is 9.69 Å². The number of hydrogen-bond acceptors (Lipinski definition) is 5. The molecule has 4 rings (SSSR count). The smallest absolute Gasteiger partial charge is 0.261 e. The van der Waals surface area contributed by atoms with Crippen molar-refractivity contribution >= 4 is 17.3 Å². The Hall–Kier alpha value is -2.34. The maximum absolute atomic E-state index is 12.6. The van der Waals surface area contributed by atoms with Gasteiger partial charge in [0.15, 0.2) is 0 Å². The van der Waals surface area contributed by atoms with Gasteiger partial charge < -0.3 is 14.7 Å². The van der Waals surface area contributed by atoms with Crippen LogP contribution in [0.3, 0.4) is 0 Å². The predicted molar refractivity (Wildman–Crippen MR) is 111 cm³/mol. The van der Waals surface area contributed by atoms with Crippen molar-refractivity contribution in [2.24, 2.45) is 0 Å². The van der Waals surface area contributed by atoms with Crippen molar-refractivity contribution in [1.82, 2.24) is 10.1 Å². The number of benzene rings is 1. The zero-order valence-corrected chi connectivity index (χ0v) is 17.3. The molecule has 150 valence electrons. The van der Waals surface area contributed by atoms with E-state index in [0.717, 1.165) is 24.3 Å². The summed E-state index contributed by atoms with van der Waals surface area (Å²) in [6, 6.07) is 7.68. The fourth-order valence-corrected chi connectivity index (χ4v) is 4.72. The van der Waals surface area contributed by atoms with Crippen LogP contribution in [0.5, 0.6) is 0 Å². The van der Waals surface area contributed by atoms with Gasteiger partial charge in [0.25, 0.3) is 5.91 Å². The Kier molecular flexibility index (Phi) is 5.15. The topological polar surface area (TPSA) is 61.6 Å². The van der Waals surface area contributed by atoms with Crippen LogP contribution in [0, 0.1) is 20.8 Å². The molecule has 0 spiro atoms. The van der Waals surface area contributed by atoms with Crippen molar-refractivity contribution in [2.75, 3.05) is 29.9 Å². The van der Waals surface area contributed by atoms with Gasteiger partial charge in [-0.25, -0.2) is 0 Å². The number of hydrogen-bond donors (Lipinski definition) is 1. The third kappa shape index (κ3) is 3.53. The number of anilines is 2. The first-order chi connectivity index (χ1) is 13.4. The molecule has 0 bridgehead atoms. The Morgan fingerprint density at radius 2 is 2.04 bits per heavy atom. The van der Waals surface area contributed by atoms with Crippen LogP contribution in [-0.2, 0) is 0 Å². The van der Waals surface area contributed by atoms with Crippen LogP contribution in [0.15, 0.2) is 22.7 Å². The Bertz CT molecular complexity index is 856. The molecular formula is C22H30N4O2. The van der Waals surface area contributed by atoms with E-state index in [2.05, 4.69) is 39.3 Å². The minimum Gasteiger partial charge on any atom is -0.370 e. The molecular weight excluding hydrogens is 352 g/mol. The molecule has 1 N–H and O–H groups in total. The number of aryl methyl sites for hydroxylation is 3. The van der Waals surface area contributed by atoms with Crippen LogP contribution < -0.4 is 10.2 Å². The Morgan fingerprint density at radius 3 is 2.68 bits per heavy atom. The standard InChI is InChI=1S/C22H30N4O2/c1-14-12-18(25-11-9-19(13-25)26-10-5-6-15(26)2)7-8-20(14)23-22(27)21-16(3)24-28-17(21)4/h7-8,12,15,19H,5-6,9-11,13H2,1-4H3,(H,23,27). The Balaban J connectivity index is 1.44. The molecule has 1 aromatic carbocycles. The fraction of sp³-hybridized carbons (Fsp3) is 0.545. The third-order valence-corrected chi connectivity index (χ3v) is 6.32. The van der Waals surface area contributed by atoms with E-state index in [1.54, 1.807) is 13.8 Å². The number of nitrogens with one attached hydrogen (secondary N) is 1. The highest BCUT2D eigenvalue weighted by atomic mass is 16.5. The van der Waals surface area contributed by atoms with E-state index in [1.807, 2.05) is 13.0 Å². The summed E-state index contributed by atoms with van der Waals surface area (Å²) in [5, 5.41) is 6.87. The molecule has 0 aliphatic carbocycles. The molecule has 2 fully saturated rings. The highest BCUT2D eigenvalue weighted by Crippen LogP contribution is 2.30. The monoisotopic (exact) mass is 382 g/mol. The first kappa shape index (κ1) is 19.0. The quantitative estimate of drug-likeness (QED) is 0.869. The van der Waals surface area contributed by atoms with Crippen LogP contribution in [0.4, 0.5) is 11.4 Å². The lowest BCUT2D eigenvalue weighted by atomic mass is 10.1. The first-order valence-corrected chi connectivity index (χ1v) is 10.3. The highest BCUT2D eigenvalue weighted by Gasteiger charge is 2.33. The zero-order chi connectivity index (χ0) is 19.8. The van der Waals surface area contributed by atoms with Crippen LogP contribution in [0.1, 0.15) is 53.6 Å². The third-order valence-electron chi connectivity index (χ3n) is 6.32. The minimum absolute atomic E-state index is 0.170. The molecule has 3 heterocycles. The molecule has 2 aliphatic heterocycles. The highest BCUT2D eigenvalue weighted by molar-refractivity contribution is 6.06. The molecule has 2 unspecified atom stereocenters. The van der Waals surface area contributed by atoms with Gasteiger partial charge in [-0.05, 0) is 77.3 Å². The van der Waals surface area contributed by atoms with Gasteiger partial charge in [0.05, 0.1) is 5.69 Å². The minimum atomic E-state index is -0.170. The normalized spacial score (nSPS) is 22.8. The lowest BCUT2D eigenvalue weighted by Crippen LogP contribution is -2.39. The van der Waals surface area contributed by atoms with E-state index in [0.29, 0.717) is 29.1 Å². The SMILES string of the molecule is Cc1cc(N2CCC(N3CCCC3C)C2)ccc1NC(=O)c1c(C)noc1C. The Labute approximate surface area is 166 Å². The molecule has 0 saturated carbocycles. The van der Waals surface area contributed by atoms with Crippen molar-refractivity contribution in [3.05, 3.63) is 40.8 Å². The molecule has 6 nitrogen and oxygen atoms in total. The van der Waals surface area contributed by atoms with Gasteiger partial charge in [-0.2, -0.15) is 0 Å². The van der Waals surface area contributed by atoms with Crippen molar-refractivity contribution in [3.8, 4) is 0 Å². The van der Waals surface area contributed by atoms with Gasteiger partial charge in [-0.15, -0.1) is 0 Å². The number of aromatic nitrogens is 1. The molecule has 1 aromatic heterocycles. The summed E-state index contributed by atoms with van der Waals surface area (Å²) in [5.41, 5.74) is 4.27. The second kappa shape index (κ2) is 7.59. The summed E-state index contributed by atoms with van der Waals surface area (Å²) in [4.78, 5) is 17.8. The van der Waals surface area contributed by atoms with Gasteiger partial charge in [0, 0.05) is 36.5 Å². The van der Waals surface area contributed by atoms with Gasteiger partial charge in [0.1, 0.15) is 11.3 Å². The van der Waals surface area contributed by atoms with E-state index < -0.39 is 0 Å². The fourth-order valence-electron chi connectivity index (χ4n) is 4.72.